The molecule has 0 aliphatic heterocycles. The third kappa shape index (κ3) is 9.69. The number of aromatic carboxylic acids is 2. The predicted molar refractivity (Wildman–Crippen MR) is 104 cm³/mol. The first-order chi connectivity index (χ1) is 14.4. The van der Waals surface area contributed by atoms with Crippen LogP contribution in [0.4, 0.5) is 0 Å². The number of nitrogens with zero attached hydrogens (tertiary/aromatic N) is 2. The Balaban J connectivity index is 0. The maximum absolute atomic E-state index is 10.9. The Kier molecular flexibility index (Phi) is 16.6. The number of hydrogen-bond donors (Lipinski definition) is 5. The fraction of sp³-hybridized carbons (Fsp3) is 0.158. The quantitative estimate of drug-likeness (QED) is 0.208. The summed E-state index contributed by atoms with van der Waals surface area (Å²) >= 11 is 1.06. The van der Waals surface area contributed by atoms with E-state index in [9.17, 15) is 19.8 Å². The molecule has 2 rings (SSSR count). The number of carboxylic acid groups (broad SMARTS) is 2. The number of aromatic hydroxyl groups is 2. The molecule has 2 aromatic rings. The molecule has 1 radical (unpaired) electrons. The van der Waals surface area contributed by atoms with Crippen LogP contribution in [0.1, 0.15) is 31.8 Å². The molecule has 0 fully saturated rings. The molecular formula is C19H20CuN2O8V. The van der Waals surface area contributed by atoms with E-state index in [1.165, 1.54) is 48.8 Å². The van der Waals surface area contributed by atoms with Gasteiger partial charge in [0, 0.05) is 47.7 Å². The van der Waals surface area contributed by atoms with Crippen molar-refractivity contribution in [2.24, 2.45) is 9.98 Å². The van der Waals surface area contributed by atoms with Gasteiger partial charge in [-0.15, -0.1) is 0 Å². The molecule has 0 aromatic heterocycles. The van der Waals surface area contributed by atoms with Crippen LogP contribution in [-0.2, 0) is 38.1 Å². The molecule has 10 nitrogen and oxygen atoms in total. The van der Waals surface area contributed by atoms with Crippen molar-refractivity contribution in [3.05, 3.63) is 58.7 Å². The van der Waals surface area contributed by atoms with E-state index in [1.807, 2.05) is 0 Å². The van der Waals surface area contributed by atoms with E-state index in [1.54, 1.807) is 0 Å². The van der Waals surface area contributed by atoms with Crippen molar-refractivity contribution >= 4 is 24.4 Å². The van der Waals surface area contributed by atoms with Crippen LogP contribution in [0, 0.1) is 0 Å². The van der Waals surface area contributed by atoms with Gasteiger partial charge in [0.25, 0.3) is 0 Å². The summed E-state index contributed by atoms with van der Waals surface area (Å²) < 4.78 is 8.19. The molecule has 0 amide bonds. The molecular weight excluding hydrogens is 499 g/mol. The first kappa shape index (κ1) is 30.4. The number of aliphatic hydroxyl groups is 1. The second-order valence-corrected chi connectivity index (χ2v) is 5.17. The number of rotatable bonds is 7. The second-order valence-electron chi connectivity index (χ2n) is 5.17. The van der Waals surface area contributed by atoms with E-state index in [4.69, 9.17) is 19.0 Å². The molecule has 0 unspecified atom stereocenters. The average molecular weight is 519 g/mol. The number of hydrogen-bond acceptors (Lipinski definition) is 8. The Morgan fingerprint density at radius 3 is 1.42 bits per heavy atom. The van der Waals surface area contributed by atoms with Gasteiger partial charge < -0.3 is 25.5 Å². The van der Waals surface area contributed by atoms with E-state index >= 15 is 0 Å². The van der Waals surface area contributed by atoms with E-state index in [0.717, 1.165) is 24.5 Å². The monoisotopic (exact) mass is 518 g/mol. The number of aliphatic hydroxyl groups excluding tert-OH is 1. The van der Waals surface area contributed by atoms with Gasteiger partial charge in [-0.1, -0.05) is 12.1 Å². The van der Waals surface area contributed by atoms with E-state index < -0.39 is 11.9 Å². The van der Waals surface area contributed by atoms with Crippen molar-refractivity contribution in [2.75, 3.05) is 20.2 Å². The summed E-state index contributed by atoms with van der Waals surface area (Å²) in [6, 6.07) is 8.64. The van der Waals surface area contributed by atoms with Crippen LogP contribution in [-0.4, -0.2) is 70.1 Å². The number of para-hydroxylation sites is 2. The van der Waals surface area contributed by atoms with Crippen molar-refractivity contribution in [1.82, 2.24) is 0 Å². The SMILES string of the molecule is CO.O=C(O)c1cccc(C=NCCN=Cc2cccc(C(=O)O)c2O)c1O.[Cu].[O]=[V]. The van der Waals surface area contributed by atoms with Gasteiger partial charge in [-0.2, -0.15) is 0 Å². The first-order valence-corrected chi connectivity index (χ1v) is 8.72. The van der Waals surface area contributed by atoms with Gasteiger partial charge >= 0.3 is 33.0 Å². The molecule has 170 valence electrons. The van der Waals surface area contributed by atoms with Crippen LogP contribution in [0.25, 0.3) is 0 Å². The summed E-state index contributed by atoms with van der Waals surface area (Å²) in [5, 5.41) is 44.5. The third-order valence-electron chi connectivity index (χ3n) is 3.41. The Labute approximate surface area is 197 Å². The Bertz CT molecular complexity index is 848. The molecule has 5 N–H and O–H groups in total. The van der Waals surface area contributed by atoms with Crippen LogP contribution in [0.2, 0.25) is 0 Å². The van der Waals surface area contributed by atoms with Crippen molar-refractivity contribution in [3.8, 4) is 11.5 Å². The molecule has 0 heterocycles. The van der Waals surface area contributed by atoms with Crippen molar-refractivity contribution in [2.45, 2.75) is 0 Å². The maximum atomic E-state index is 10.9. The third-order valence-corrected chi connectivity index (χ3v) is 3.41. The summed E-state index contributed by atoms with van der Waals surface area (Å²) in [5.74, 6) is -3.18. The topological polar surface area (TPSA) is 177 Å². The van der Waals surface area contributed by atoms with Crippen LogP contribution in [0.5, 0.6) is 11.5 Å². The van der Waals surface area contributed by atoms with Gasteiger partial charge in [-0.05, 0) is 24.3 Å². The molecule has 0 bridgehead atoms. The minimum absolute atomic E-state index is 0. The average Bonchev–Trinajstić information content (AvgIpc) is 2.75. The number of carbonyl (C=O) groups is 2. The molecule has 2 aromatic carbocycles. The van der Waals surface area contributed by atoms with E-state index in [2.05, 4.69) is 9.98 Å². The summed E-state index contributed by atoms with van der Waals surface area (Å²) in [6.45, 7) is 0.513. The summed E-state index contributed by atoms with van der Waals surface area (Å²) in [4.78, 5) is 30.0. The molecule has 0 aliphatic rings. The van der Waals surface area contributed by atoms with Gasteiger partial charge in [-0.3, -0.25) is 9.98 Å². The first-order valence-electron chi connectivity index (χ1n) is 8.15. The van der Waals surface area contributed by atoms with Gasteiger partial charge in [0.15, 0.2) is 0 Å². The summed E-state index contributed by atoms with van der Waals surface area (Å²) in [6.07, 6.45) is 2.69. The molecule has 0 spiro atoms. The molecule has 12 heteroatoms. The summed E-state index contributed by atoms with van der Waals surface area (Å²) in [7, 11) is 1.00. The molecule has 0 saturated heterocycles. The molecule has 0 saturated carbocycles. The molecule has 0 aliphatic carbocycles. The summed E-state index contributed by atoms with van der Waals surface area (Å²) in [5.41, 5.74) is 0.142. The van der Waals surface area contributed by atoms with E-state index in [0.29, 0.717) is 0 Å². The van der Waals surface area contributed by atoms with Crippen LogP contribution in [0.3, 0.4) is 0 Å². The Morgan fingerprint density at radius 2 is 1.13 bits per heavy atom. The normalized spacial score (nSPS) is 9.71. The zero-order valence-corrected chi connectivity index (χ0v) is 18.5. The molecule has 0 atom stereocenters. The van der Waals surface area contributed by atoms with Gasteiger partial charge in [0.05, 0.1) is 13.1 Å². The number of carboxylic acids is 2. The predicted octanol–water partition coefficient (Wildman–Crippen LogP) is 1.52. The Hall–Kier alpha value is -2.82. The number of benzene rings is 2. The van der Waals surface area contributed by atoms with Gasteiger partial charge in [0.1, 0.15) is 22.6 Å². The van der Waals surface area contributed by atoms with Crippen molar-refractivity contribution in [1.29, 1.82) is 0 Å². The zero-order valence-electron chi connectivity index (χ0n) is 16.1. The minimum atomic E-state index is -1.23. The second kappa shape index (κ2) is 16.9. The molecule has 31 heavy (non-hydrogen) atoms. The van der Waals surface area contributed by atoms with Gasteiger partial charge in [-0.25, -0.2) is 9.59 Å². The fourth-order valence-electron chi connectivity index (χ4n) is 2.12. The van der Waals surface area contributed by atoms with Crippen molar-refractivity contribution in [3.63, 3.8) is 0 Å². The fourth-order valence-corrected chi connectivity index (χ4v) is 2.12. The number of aliphatic imine (C=N–C) groups is 2. The standard InChI is InChI=1S/C18H16N2O6.CH4O.Cu.O.V/c21-15-11(3-1-5-13(15)17(23)24)9-19-7-8-20-10-12-4-2-6-14(16(12)22)18(25)26;1-2;;;/h1-6,9-10,21-22H,7-8H2,(H,23,24)(H,25,26);2H,1H3;;;. The van der Waals surface area contributed by atoms with Gasteiger partial charge in [0.2, 0.25) is 0 Å². The van der Waals surface area contributed by atoms with E-state index in [-0.39, 0.29) is 63.9 Å². The zero-order chi connectivity index (χ0) is 23.1. The number of phenols is 2. The van der Waals surface area contributed by atoms with Crippen LogP contribution >= 0.6 is 0 Å². The van der Waals surface area contributed by atoms with Crippen LogP contribution < -0.4 is 0 Å². The van der Waals surface area contributed by atoms with Crippen molar-refractivity contribution < 1.29 is 73.2 Å². The van der Waals surface area contributed by atoms with Crippen LogP contribution in [0.15, 0.2) is 46.4 Å². The Morgan fingerprint density at radius 1 is 0.806 bits per heavy atom.